The molecule has 0 aliphatic carbocycles. The van der Waals surface area contributed by atoms with Crippen LogP contribution in [-0.4, -0.2) is 24.9 Å². The number of ether oxygens (including phenoxy) is 2. The van der Waals surface area contributed by atoms with E-state index in [2.05, 4.69) is 30.4 Å². The molecule has 1 fully saturated rings. The Morgan fingerprint density at radius 2 is 2.26 bits per heavy atom. The number of benzene rings is 1. The molecule has 0 amide bonds. The van der Waals surface area contributed by atoms with Crippen molar-refractivity contribution in [1.82, 2.24) is 5.32 Å². The quantitative estimate of drug-likeness (QED) is 0.885. The average Bonchev–Trinajstić information content (AvgIpc) is 2.37. The van der Waals surface area contributed by atoms with Crippen LogP contribution >= 0.6 is 0 Å². The van der Waals surface area contributed by atoms with Gasteiger partial charge in [-0.3, -0.25) is 0 Å². The van der Waals surface area contributed by atoms with Gasteiger partial charge in [-0.1, -0.05) is 12.1 Å². The van der Waals surface area contributed by atoms with Crippen molar-refractivity contribution in [1.29, 1.82) is 0 Å². The summed E-state index contributed by atoms with van der Waals surface area (Å²) >= 11 is 0. The lowest BCUT2D eigenvalue weighted by Crippen LogP contribution is -2.48. The molecule has 1 atom stereocenters. The predicted octanol–water partition coefficient (Wildman–Crippen LogP) is 3.13. The van der Waals surface area contributed by atoms with Crippen molar-refractivity contribution in [3.63, 3.8) is 0 Å². The summed E-state index contributed by atoms with van der Waals surface area (Å²) in [5.41, 5.74) is 1.36. The minimum absolute atomic E-state index is 0.104. The lowest BCUT2D eigenvalue weighted by Gasteiger charge is -2.34. The Labute approximate surface area is 116 Å². The van der Waals surface area contributed by atoms with E-state index in [9.17, 15) is 0 Å². The van der Waals surface area contributed by atoms with E-state index in [1.54, 1.807) is 0 Å². The molecule has 0 spiro atoms. The van der Waals surface area contributed by atoms with Crippen molar-refractivity contribution in [2.75, 3.05) is 13.2 Å². The van der Waals surface area contributed by atoms with Gasteiger partial charge in [-0.25, -0.2) is 0 Å². The van der Waals surface area contributed by atoms with Crippen LogP contribution in [0.3, 0.4) is 0 Å². The molecule has 1 N–H and O–H groups in total. The lowest BCUT2D eigenvalue weighted by atomic mass is 9.94. The molecule has 19 heavy (non-hydrogen) atoms. The summed E-state index contributed by atoms with van der Waals surface area (Å²) in [5, 5.41) is 3.61. The molecule has 1 saturated heterocycles. The molecule has 0 aromatic heterocycles. The monoisotopic (exact) mass is 263 g/mol. The Morgan fingerprint density at radius 3 is 2.95 bits per heavy atom. The zero-order valence-electron chi connectivity index (χ0n) is 12.2. The van der Waals surface area contributed by atoms with Gasteiger partial charge in [-0.05, 0) is 51.3 Å². The fourth-order valence-corrected chi connectivity index (χ4v) is 2.39. The van der Waals surface area contributed by atoms with Crippen molar-refractivity contribution in [2.24, 2.45) is 0 Å². The number of rotatable bonds is 5. The summed E-state index contributed by atoms with van der Waals surface area (Å²) in [6.45, 7) is 8.89. The van der Waals surface area contributed by atoms with E-state index in [1.165, 1.54) is 12.0 Å². The number of hydrogen-bond acceptors (Lipinski definition) is 3. The Morgan fingerprint density at radius 1 is 1.42 bits per heavy atom. The number of hydrogen-bond donors (Lipinski definition) is 1. The fourth-order valence-electron chi connectivity index (χ4n) is 2.39. The second-order valence-electron chi connectivity index (χ2n) is 5.88. The molecule has 0 radical (unpaired) electrons. The summed E-state index contributed by atoms with van der Waals surface area (Å²) in [4.78, 5) is 0. The third-order valence-electron chi connectivity index (χ3n) is 3.43. The van der Waals surface area contributed by atoms with E-state index in [1.807, 2.05) is 19.9 Å². The van der Waals surface area contributed by atoms with Crippen LogP contribution in [0.2, 0.25) is 0 Å². The normalized spacial score (nSPS) is 23.6. The van der Waals surface area contributed by atoms with Crippen molar-refractivity contribution >= 4 is 0 Å². The highest BCUT2D eigenvalue weighted by Crippen LogP contribution is 2.20. The molecule has 1 aliphatic rings. The van der Waals surface area contributed by atoms with Gasteiger partial charge >= 0.3 is 0 Å². The lowest BCUT2D eigenvalue weighted by molar-refractivity contribution is 0.0278. The van der Waals surface area contributed by atoms with E-state index < -0.39 is 0 Å². The highest BCUT2D eigenvalue weighted by Gasteiger charge is 2.26. The third kappa shape index (κ3) is 4.51. The zero-order valence-corrected chi connectivity index (χ0v) is 12.2. The second kappa shape index (κ2) is 6.40. The molecular formula is C16H25NO2. The maximum Gasteiger partial charge on any atom is 0.120 e. The van der Waals surface area contributed by atoms with E-state index in [0.717, 1.165) is 31.9 Å². The first-order valence-corrected chi connectivity index (χ1v) is 7.16. The molecule has 1 aromatic rings. The topological polar surface area (TPSA) is 30.5 Å². The SMILES string of the molecule is CC(C)Oc1cccc(CNC2(C)CCCOC2)c1. The Kier molecular flexibility index (Phi) is 4.83. The molecule has 3 heteroatoms. The van der Waals surface area contributed by atoms with Crippen molar-refractivity contribution in [3.05, 3.63) is 29.8 Å². The fraction of sp³-hybridized carbons (Fsp3) is 0.625. The van der Waals surface area contributed by atoms with Gasteiger partial charge in [0.05, 0.1) is 12.7 Å². The summed E-state index contributed by atoms with van der Waals surface area (Å²) in [5.74, 6) is 0.944. The first kappa shape index (κ1) is 14.4. The van der Waals surface area contributed by atoms with Gasteiger partial charge in [0.2, 0.25) is 0 Å². The van der Waals surface area contributed by atoms with Crippen LogP contribution in [0.4, 0.5) is 0 Å². The van der Waals surface area contributed by atoms with Gasteiger partial charge in [-0.2, -0.15) is 0 Å². The van der Waals surface area contributed by atoms with Gasteiger partial charge in [0.25, 0.3) is 0 Å². The minimum Gasteiger partial charge on any atom is -0.491 e. The predicted molar refractivity (Wildman–Crippen MR) is 77.5 cm³/mol. The van der Waals surface area contributed by atoms with Crippen molar-refractivity contribution in [2.45, 2.75) is 51.8 Å². The van der Waals surface area contributed by atoms with E-state index in [-0.39, 0.29) is 11.6 Å². The molecular weight excluding hydrogens is 238 g/mol. The molecule has 1 aliphatic heterocycles. The Bertz CT molecular complexity index is 397. The Hall–Kier alpha value is -1.06. The first-order valence-electron chi connectivity index (χ1n) is 7.16. The van der Waals surface area contributed by atoms with Gasteiger partial charge in [-0.15, -0.1) is 0 Å². The molecule has 1 unspecified atom stereocenters. The largest absolute Gasteiger partial charge is 0.491 e. The summed E-state index contributed by atoms with van der Waals surface area (Å²) in [7, 11) is 0. The smallest absolute Gasteiger partial charge is 0.120 e. The molecule has 1 aromatic carbocycles. The second-order valence-corrected chi connectivity index (χ2v) is 5.88. The van der Waals surface area contributed by atoms with Crippen LogP contribution in [0.1, 0.15) is 39.2 Å². The number of nitrogens with one attached hydrogen (secondary N) is 1. The summed E-state index contributed by atoms with van der Waals surface area (Å²) in [6.07, 6.45) is 2.53. The third-order valence-corrected chi connectivity index (χ3v) is 3.43. The highest BCUT2D eigenvalue weighted by molar-refractivity contribution is 5.28. The summed E-state index contributed by atoms with van der Waals surface area (Å²) < 4.78 is 11.3. The standard InChI is InChI=1S/C16H25NO2/c1-13(2)19-15-7-4-6-14(10-15)11-17-16(3)8-5-9-18-12-16/h4,6-7,10,13,17H,5,8-9,11-12H2,1-3H3. The maximum absolute atomic E-state index is 5.72. The molecule has 106 valence electrons. The van der Waals surface area contributed by atoms with Gasteiger partial charge in [0.1, 0.15) is 5.75 Å². The first-order chi connectivity index (χ1) is 9.07. The van der Waals surface area contributed by atoms with Crippen LogP contribution in [0.25, 0.3) is 0 Å². The molecule has 0 bridgehead atoms. The van der Waals surface area contributed by atoms with Crippen LogP contribution in [0.5, 0.6) is 5.75 Å². The van der Waals surface area contributed by atoms with E-state index in [4.69, 9.17) is 9.47 Å². The van der Waals surface area contributed by atoms with Crippen LogP contribution < -0.4 is 10.1 Å². The van der Waals surface area contributed by atoms with Crippen LogP contribution in [0.15, 0.2) is 24.3 Å². The molecule has 0 saturated carbocycles. The highest BCUT2D eigenvalue weighted by atomic mass is 16.5. The van der Waals surface area contributed by atoms with E-state index in [0.29, 0.717) is 0 Å². The van der Waals surface area contributed by atoms with Gasteiger partial charge in [0, 0.05) is 18.7 Å². The van der Waals surface area contributed by atoms with Crippen LogP contribution in [0, 0.1) is 0 Å². The molecule has 2 rings (SSSR count). The van der Waals surface area contributed by atoms with Gasteiger partial charge < -0.3 is 14.8 Å². The zero-order chi connectivity index (χ0) is 13.7. The molecule has 1 heterocycles. The minimum atomic E-state index is 0.104. The van der Waals surface area contributed by atoms with Crippen molar-refractivity contribution < 1.29 is 9.47 Å². The maximum atomic E-state index is 5.72. The summed E-state index contributed by atoms with van der Waals surface area (Å²) in [6, 6.07) is 8.30. The Balaban J connectivity index is 1.91. The van der Waals surface area contributed by atoms with Crippen molar-refractivity contribution in [3.8, 4) is 5.75 Å². The van der Waals surface area contributed by atoms with E-state index >= 15 is 0 Å². The van der Waals surface area contributed by atoms with Crippen LogP contribution in [-0.2, 0) is 11.3 Å². The van der Waals surface area contributed by atoms with Gasteiger partial charge in [0.15, 0.2) is 0 Å². The average molecular weight is 263 g/mol. The molecule has 3 nitrogen and oxygen atoms in total.